The van der Waals surface area contributed by atoms with E-state index in [9.17, 15) is 4.79 Å². The minimum Gasteiger partial charge on any atom is -0.493 e. The number of carbonyl (C=O) groups excluding carboxylic acids is 1. The molecular weight excluding hydrogens is 368 g/mol. The van der Waals surface area contributed by atoms with Crippen LogP contribution in [0.3, 0.4) is 0 Å². The van der Waals surface area contributed by atoms with E-state index in [1.807, 2.05) is 43.3 Å². The highest BCUT2D eigenvalue weighted by Gasteiger charge is 2.35. The third-order valence-corrected chi connectivity index (χ3v) is 5.70. The highest BCUT2D eigenvalue weighted by molar-refractivity contribution is 6.01. The molecule has 1 heterocycles. The summed E-state index contributed by atoms with van der Waals surface area (Å²) in [4.78, 5) is 13.2. The molecule has 2 N–H and O–H groups in total. The van der Waals surface area contributed by atoms with Gasteiger partial charge in [0.25, 0.3) is 0 Å². The van der Waals surface area contributed by atoms with Crippen LogP contribution in [0.15, 0.2) is 47.7 Å². The SMILES string of the molecule is COc1ccc([C@H]2CC(=O)C3=C(C2)Nc2ccccc2N[C@H]3C)c(OC)c1OC. The van der Waals surface area contributed by atoms with Crippen molar-refractivity contribution >= 4 is 17.2 Å². The van der Waals surface area contributed by atoms with Gasteiger partial charge in [-0.05, 0) is 31.5 Å². The van der Waals surface area contributed by atoms with E-state index in [-0.39, 0.29) is 17.7 Å². The van der Waals surface area contributed by atoms with Crippen molar-refractivity contribution < 1.29 is 19.0 Å². The molecule has 2 atom stereocenters. The Morgan fingerprint density at radius 1 is 0.897 bits per heavy atom. The molecule has 0 spiro atoms. The lowest BCUT2D eigenvalue weighted by Gasteiger charge is -2.29. The van der Waals surface area contributed by atoms with Crippen LogP contribution in [0.4, 0.5) is 11.4 Å². The lowest BCUT2D eigenvalue weighted by molar-refractivity contribution is -0.116. The van der Waals surface area contributed by atoms with Crippen molar-refractivity contribution in [1.29, 1.82) is 0 Å². The minimum absolute atomic E-state index is 0.0130. The quantitative estimate of drug-likeness (QED) is 0.804. The van der Waals surface area contributed by atoms with Gasteiger partial charge in [-0.25, -0.2) is 0 Å². The maximum Gasteiger partial charge on any atom is 0.203 e. The molecule has 4 rings (SSSR count). The van der Waals surface area contributed by atoms with E-state index in [0.29, 0.717) is 30.1 Å². The Morgan fingerprint density at radius 3 is 2.31 bits per heavy atom. The normalized spacial score (nSPS) is 20.6. The van der Waals surface area contributed by atoms with E-state index < -0.39 is 0 Å². The van der Waals surface area contributed by atoms with Crippen LogP contribution in [0, 0.1) is 0 Å². The van der Waals surface area contributed by atoms with Crippen molar-refractivity contribution in [3.05, 3.63) is 53.2 Å². The van der Waals surface area contributed by atoms with Crippen molar-refractivity contribution in [2.75, 3.05) is 32.0 Å². The molecule has 0 unspecified atom stereocenters. The number of allylic oxidation sites excluding steroid dienone is 1. The van der Waals surface area contributed by atoms with Gasteiger partial charge < -0.3 is 24.8 Å². The van der Waals surface area contributed by atoms with Crippen molar-refractivity contribution in [3.8, 4) is 17.2 Å². The maximum atomic E-state index is 13.2. The zero-order chi connectivity index (χ0) is 20.5. The van der Waals surface area contributed by atoms with Gasteiger partial charge in [-0.3, -0.25) is 4.79 Å². The number of Topliss-reactive ketones (excluding diaryl/α,β-unsaturated/α-hetero) is 1. The lowest BCUT2D eigenvalue weighted by Crippen LogP contribution is -2.29. The molecule has 6 nitrogen and oxygen atoms in total. The second-order valence-electron chi connectivity index (χ2n) is 7.38. The van der Waals surface area contributed by atoms with Crippen LogP contribution in [0.1, 0.15) is 31.2 Å². The molecule has 2 aromatic carbocycles. The standard InChI is InChI=1S/C23H26N2O4/c1-13-21-18(25-17-8-6-5-7-16(17)24-13)11-14(12-19(21)26)15-9-10-20(27-2)23(29-4)22(15)28-3/h5-10,13-14,24-25H,11-12H2,1-4H3/t13-,14+/m0/s1. The first kappa shape index (κ1) is 19.2. The fraction of sp³-hybridized carbons (Fsp3) is 0.348. The number of nitrogens with one attached hydrogen (secondary N) is 2. The number of methoxy groups -OCH3 is 3. The number of hydrogen-bond acceptors (Lipinski definition) is 6. The third kappa shape index (κ3) is 3.28. The number of ketones is 1. The molecule has 0 fully saturated rings. The number of carbonyl (C=O) groups is 1. The topological polar surface area (TPSA) is 68.8 Å². The molecule has 1 aliphatic heterocycles. The summed E-state index contributed by atoms with van der Waals surface area (Å²) in [5.74, 6) is 1.91. The molecule has 0 saturated heterocycles. The average Bonchev–Trinajstić information content (AvgIpc) is 2.87. The summed E-state index contributed by atoms with van der Waals surface area (Å²) in [6.45, 7) is 2.04. The van der Waals surface area contributed by atoms with Crippen molar-refractivity contribution in [2.24, 2.45) is 0 Å². The van der Waals surface area contributed by atoms with Gasteiger partial charge in [-0.1, -0.05) is 18.2 Å². The second kappa shape index (κ2) is 7.70. The number of hydrogen-bond donors (Lipinski definition) is 2. The highest BCUT2D eigenvalue weighted by Crippen LogP contribution is 2.47. The third-order valence-electron chi connectivity index (χ3n) is 5.70. The predicted molar refractivity (Wildman–Crippen MR) is 113 cm³/mol. The van der Waals surface area contributed by atoms with Crippen LogP contribution < -0.4 is 24.8 Å². The van der Waals surface area contributed by atoms with Crippen LogP contribution in [0.2, 0.25) is 0 Å². The molecule has 0 bridgehead atoms. The number of rotatable bonds is 4. The maximum absolute atomic E-state index is 13.2. The number of anilines is 2. The Hall–Kier alpha value is -3.15. The molecule has 6 heteroatoms. The van der Waals surface area contributed by atoms with Gasteiger partial charge in [0.1, 0.15) is 0 Å². The number of para-hydroxylation sites is 2. The van der Waals surface area contributed by atoms with E-state index >= 15 is 0 Å². The monoisotopic (exact) mass is 394 g/mol. The van der Waals surface area contributed by atoms with Crippen LogP contribution >= 0.6 is 0 Å². The Balaban J connectivity index is 1.75. The summed E-state index contributed by atoms with van der Waals surface area (Å²) in [6.07, 6.45) is 1.14. The first-order chi connectivity index (χ1) is 14.1. The second-order valence-corrected chi connectivity index (χ2v) is 7.38. The van der Waals surface area contributed by atoms with E-state index in [1.165, 1.54) is 0 Å². The van der Waals surface area contributed by atoms with Crippen molar-refractivity contribution in [2.45, 2.75) is 31.7 Å². The smallest absolute Gasteiger partial charge is 0.203 e. The number of benzene rings is 2. The molecule has 2 aliphatic rings. The summed E-state index contributed by atoms with van der Waals surface area (Å²) in [7, 11) is 4.80. The minimum atomic E-state index is -0.0538. The Morgan fingerprint density at radius 2 is 1.62 bits per heavy atom. The molecular formula is C23H26N2O4. The van der Waals surface area contributed by atoms with Crippen LogP contribution in [0.5, 0.6) is 17.2 Å². The summed E-state index contributed by atoms with van der Waals surface area (Å²) >= 11 is 0. The van der Waals surface area contributed by atoms with Gasteiger partial charge >= 0.3 is 0 Å². The Labute approximate surface area is 170 Å². The molecule has 2 aromatic rings. The lowest BCUT2D eigenvalue weighted by atomic mass is 9.79. The van der Waals surface area contributed by atoms with Crippen LogP contribution in [-0.4, -0.2) is 33.2 Å². The van der Waals surface area contributed by atoms with Crippen molar-refractivity contribution in [1.82, 2.24) is 0 Å². The molecule has 152 valence electrons. The van der Waals surface area contributed by atoms with E-state index in [2.05, 4.69) is 10.6 Å². The zero-order valence-electron chi connectivity index (χ0n) is 17.2. The molecule has 29 heavy (non-hydrogen) atoms. The summed E-state index contributed by atoms with van der Waals surface area (Å²) in [5, 5.41) is 6.97. The van der Waals surface area contributed by atoms with Gasteiger partial charge in [0.05, 0.1) is 38.7 Å². The van der Waals surface area contributed by atoms with Crippen LogP contribution in [0.25, 0.3) is 0 Å². The van der Waals surface area contributed by atoms with E-state index in [1.54, 1.807) is 21.3 Å². The largest absolute Gasteiger partial charge is 0.493 e. The number of ether oxygens (including phenoxy) is 3. The van der Waals surface area contributed by atoms with Gasteiger partial charge in [-0.15, -0.1) is 0 Å². The summed E-state index contributed by atoms with van der Waals surface area (Å²) < 4.78 is 16.6. The van der Waals surface area contributed by atoms with Gasteiger partial charge in [0, 0.05) is 29.2 Å². The molecule has 0 saturated carbocycles. The fourth-order valence-electron chi connectivity index (χ4n) is 4.40. The molecule has 0 amide bonds. The molecule has 0 radical (unpaired) electrons. The van der Waals surface area contributed by atoms with Crippen LogP contribution in [-0.2, 0) is 4.79 Å². The average molecular weight is 394 g/mol. The summed E-state index contributed by atoms with van der Waals surface area (Å²) in [6, 6.07) is 11.8. The van der Waals surface area contributed by atoms with Crippen molar-refractivity contribution in [3.63, 3.8) is 0 Å². The van der Waals surface area contributed by atoms with Gasteiger partial charge in [0.15, 0.2) is 17.3 Å². The van der Waals surface area contributed by atoms with Gasteiger partial charge in [-0.2, -0.15) is 0 Å². The zero-order valence-corrected chi connectivity index (χ0v) is 17.2. The molecule has 1 aliphatic carbocycles. The Bertz CT molecular complexity index is 983. The first-order valence-corrected chi connectivity index (χ1v) is 9.75. The number of fused-ring (bicyclic) bond motifs is 1. The van der Waals surface area contributed by atoms with E-state index in [4.69, 9.17) is 14.2 Å². The predicted octanol–water partition coefficient (Wildman–Crippen LogP) is 4.34. The first-order valence-electron chi connectivity index (χ1n) is 9.75. The van der Waals surface area contributed by atoms with Gasteiger partial charge in [0.2, 0.25) is 5.75 Å². The summed E-state index contributed by atoms with van der Waals surface area (Å²) in [5.41, 5.74) is 4.73. The Kier molecular flexibility index (Phi) is 5.09. The molecule has 0 aromatic heterocycles. The van der Waals surface area contributed by atoms with E-state index in [0.717, 1.165) is 28.2 Å². The fourth-order valence-corrected chi connectivity index (χ4v) is 4.40. The highest BCUT2D eigenvalue weighted by atomic mass is 16.5.